The van der Waals surface area contributed by atoms with Crippen LogP contribution in [0.15, 0.2) is 0 Å². The van der Waals surface area contributed by atoms with Gasteiger partial charge in [0.1, 0.15) is 0 Å². The summed E-state index contributed by atoms with van der Waals surface area (Å²) in [6.45, 7) is 13.0. The number of rotatable bonds is 7. The van der Waals surface area contributed by atoms with E-state index < -0.39 is 50.4 Å². The maximum absolute atomic E-state index is 13.4. The zero-order chi connectivity index (χ0) is 20.5. The van der Waals surface area contributed by atoms with Crippen LogP contribution in [0.25, 0.3) is 0 Å². The summed E-state index contributed by atoms with van der Waals surface area (Å²) < 4.78 is 45.9. The molecule has 0 radical (unpaired) electrons. The lowest BCUT2D eigenvalue weighted by atomic mass is 9.98. The summed E-state index contributed by atoms with van der Waals surface area (Å²) in [5, 5.41) is 0. The number of esters is 2. The fourth-order valence-corrected chi connectivity index (χ4v) is 1.78. The van der Waals surface area contributed by atoms with Gasteiger partial charge in [0.25, 0.3) is 8.38 Å². The Balaban J connectivity index is 0. The molecule has 0 aliphatic heterocycles. The third-order valence-corrected chi connectivity index (χ3v) is 3.59. The Labute approximate surface area is 150 Å². The van der Waals surface area contributed by atoms with Crippen LogP contribution in [-0.2, 0) is 28.1 Å². The molecule has 0 heterocycles. The van der Waals surface area contributed by atoms with E-state index >= 15 is 0 Å². The molecule has 0 bridgehead atoms. The Hall–Kier alpha value is -0.850. The van der Waals surface area contributed by atoms with Crippen molar-refractivity contribution in [3.05, 3.63) is 0 Å². The van der Waals surface area contributed by atoms with Crippen molar-refractivity contribution in [1.29, 1.82) is 0 Å². The molecule has 0 saturated heterocycles. The zero-order valence-electron chi connectivity index (χ0n) is 16.6. The zero-order valence-corrected chi connectivity index (χ0v) is 17.5. The summed E-state index contributed by atoms with van der Waals surface area (Å²) in [4.78, 5) is 23.0. The third kappa shape index (κ3) is 12.2. The van der Waals surface area contributed by atoms with Crippen molar-refractivity contribution in [2.24, 2.45) is 10.8 Å². The van der Waals surface area contributed by atoms with E-state index in [9.17, 15) is 18.4 Å². The quantitative estimate of drug-likeness (QED) is 0.345. The highest BCUT2D eigenvalue weighted by molar-refractivity contribution is 7.48. The van der Waals surface area contributed by atoms with Crippen LogP contribution in [0.1, 0.15) is 62.3 Å². The van der Waals surface area contributed by atoms with Gasteiger partial charge in [-0.1, -0.05) is 13.8 Å². The molecule has 0 N–H and O–H groups in total. The van der Waals surface area contributed by atoms with Crippen LogP contribution < -0.4 is 0 Å². The van der Waals surface area contributed by atoms with Crippen molar-refractivity contribution < 1.29 is 36.9 Å². The van der Waals surface area contributed by atoms with E-state index in [4.69, 9.17) is 18.5 Å². The molecule has 0 fully saturated rings. The average Bonchev–Trinajstić information content (AvgIpc) is 2.44. The van der Waals surface area contributed by atoms with Crippen molar-refractivity contribution in [3.63, 3.8) is 0 Å². The van der Waals surface area contributed by atoms with Crippen LogP contribution in [0.2, 0.25) is 0 Å². The first-order chi connectivity index (χ1) is 11.2. The Bertz CT molecular complexity index is 378. The van der Waals surface area contributed by atoms with E-state index in [1.807, 2.05) is 13.8 Å². The van der Waals surface area contributed by atoms with Crippen LogP contribution in [0, 0.1) is 10.8 Å². The fraction of sp³-hybridized carbons (Fsp3) is 0.875. The number of hydrogen-bond donors (Lipinski definition) is 0. The van der Waals surface area contributed by atoms with E-state index in [2.05, 4.69) is 0 Å². The molecular weight excluding hydrogens is 357 g/mol. The highest BCUT2D eigenvalue weighted by Gasteiger charge is 2.39. The Morgan fingerprint density at radius 3 is 1.24 bits per heavy atom. The molecule has 0 aromatic heterocycles. The Morgan fingerprint density at radius 1 is 0.760 bits per heavy atom. The topological polar surface area (TPSA) is 71.1 Å². The molecule has 0 aliphatic rings. The van der Waals surface area contributed by atoms with Gasteiger partial charge in [-0.3, -0.25) is 18.6 Å². The van der Waals surface area contributed by atoms with Gasteiger partial charge in [-0.2, -0.15) is 8.78 Å². The minimum Gasteiger partial charge on any atom is -0.438 e. The van der Waals surface area contributed by atoms with Crippen molar-refractivity contribution >= 4 is 20.3 Å². The summed E-state index contributed by atoms with van der Waals surface area (Å²) in [5.74, 6) is -1.18. The largest absolute Gasteiger partial charge is 0.438 e. The summed E-state index contributed by atoms with van der Waals surface area (Å²) in [5.41, 5.74) is -4.86. The monoisotopic (exact) mass is 388 g/mol. The second-order valence-corrected chi connectivity index (χ2v) is 8.77. The van der Waals surface area contributed by atoms with Gasteiger partial charge in [0.05, 0.1) is 10.8 Å². The summed E-state index contributed by atoms with van der Waals surface area (Å²) in [7, 11) is -2.72. The first-order valence-electron chi connectivity index (χ1n) is 7.94. The predicted octanol–water partition coefficient (Wildman–Crippen LogP) is 5.06. The molecule has 0 aromatic carbocycles. The molecule has 0 atom stereocenters. The first kappa shape index (κ1) is 26.4. The van der Waals surface area contributed by atoms with Crippen LogP contribution >= 0.6 is 8.38 Å². The smallest absolute Gasteiger partial charge is 0.313 e. The van der Waals surface area contributed by atoms with Crippen molar-refractivity contribution in [3.8, 4) is 0 Å². The molecule has 9 heteroatoms. The Kier molecular flexibility index (Phi) is 11.6. The van der Waals surface area contributed by atoms with E-state index in [-0.39, 0.29) is 0 Å². The van der Waals surface area contributed by atoms with Gasteiger partial charge in [-0.25, -0.2) is 0 Å². The van der Waals surface area contributed by atoms with Crippen LogP contribution in [0.5, 0.6) is 0 Å². The molecule has 150 valence electrons. The van der Waals surface area contributed by atoms with Crippen LogP contribution in [-0.4, -0.2) is 31.2 Å². The van der Waals surface area contributed by atoms with Gasteiger partial charge in [-0.15, -0.1) is 0 Å². The van der Waals surface area contributed by atoms with Gasteiger partial charge < -0.3 is 9.47 Å². The normalized spacial score (nSPS) is 12.3. The third-order valence-electron chi connectivity index (χ3n) is 2.27. The highest BCUT2D eigenvalue weighted by Crippen LogP contribution is 2.53. The van der Waals surface area contributed by atoms with Crippen molar-refractivity contribution in [2.45, 2.75) is 68.0 Å². The molecule has 0 aromatic rings. The lowest BCUT2D eigenvalue weighted by Crippen LogP contribution is -2.25. The highest BCUT2D eigenvalue weighted by atomic mass is 31.2. The average molecular weight is 388 g/mol. The number of halogens is 2. The fourth-order valence-electron chi connectivity index (χ4n) is 0.952. The van der Waals surface area contributed by atoms with E-state index in [0.717, 1.165) is 0 Å². The second kappa shape index (κ2) is 11.0. The van der Waals surface area contributed by atoms with Crippen molar-refractivity contribution in [1.82, 2.24) is 0 Å². The van der Waals surface area contributed by atoms with Crippen LogP contribution in [0.3, 0.4) is 0 Å². The minimum absolute atomic E-state index is 0.592. The minimum atomic E-state index is -3.31. The molecule has 0 saturated carbocycles. The second-order valence-electron chi connectivity index (χ2n) is 6.96. The molecule has 6 nitrogen and oxygen atoms in total. The maximum atomic E-state index is 13.4. The van der Waals surface area contributed by atoms with E-state index in [1.54, 1.807) is 41.5 Å². The lowest BCUT2D eigenvalue weighted by Gasteiger charge is -2.24. The number of alkyl halides is 2. The van der Waals surface area contributed by atoms with Crippen LogP contribution in [0.4, 0.5) is 8.78 Å². The number of ether oxygens (including phenoxy) is 2. The Morgan fingerprint density at radius 2 is 1.04 bits per heavy atom. The van der Waals surface area contributed by atoms with Crippen molar-refractivity contribution in [2.75, 3.05) is 13.6 Å². The molecule has 25 heavy (non-hydrogen) atoms. The summed E-state index contributed by atoms with van der Waals surface area (Å²) in [6, 6.07) is 0. The number of carbonyl (C=O) groups is 2. The summed E-state index contributed by atoms with van der Waals surface area (Å²) in [6.07, 6.45) is 0. The van der Waals surface area contributed by atoms with Gasteiger partial charge in [0, 0.05) is 6.92 Å². The first-order valence-corrected chi connectivity index (χ1v) is 9.12. The van der Waals surface area contributed by atoms with E-state index in [0.29, 0.717) is 6.92 Å². The van der Waals surface area contributed by atoms with E-state index in [1.165, 1.54) is 0 Å². The predicted molar refractivity (Wildman–Crippen MR) is 91.9 cm³/mol. The van der Waals surface area contributed by atoms with Gasteiger partial charge in [0.15, 0.2) is 13.6 Å². The SMILES string of the molecule is CC.CC(C)(C)C(=O)OCOP(OCOC(=O)C(C)(C)C)C(C)(F)F. The molecule has 0 spiro atoms. The summed E-state index contributed by atoms with van der Waals surface area (Å²) >= 11 is 0. The molecular formula is C16H31F2O6P. The number of hydrogen-bond acceptors (Lipinski definition) is 6. The van der Waals surface area contributed by atoms with Gasteiger partial charge >= 0.3 is 17.6 Å². The standard InChI is InChI=1S/C14H25F2O6P.C2H6/c1-12(2,3)10(17)19-8-21-23(14(7,15)16)22-9-20-11(18)13(4,5)6;1-2/h8-9H2,1-7H3;1-2H3. The molecule has 0 amide bonds. The molecule has 0 aliphatic carbocycles. The van der Waals surface area contributed by atoms with Gasteiger partial charge in [-0.05, 0) is 41.5 Å². The maximum Gasteiger partial charge on any atom is 0.313 e. The number of carbonyl (C=O) groups excluding carboxylic acids is 2. The molecule has 0 rings (SSSR count). The molecule has 0 unspecified atom stereocenters. The lowest BCUT2D eigenvalue weighted by molar-refractivity contribution is -0.162. The van der Waals surface area contributed by atoms with Gasteiger partial charge in [0.2, 0.25) is 0 Å².